The van der Waals surface area contributed by atoms with E-state index in [0.717, 1.165) is 5.56 Å². The van der Waals surface area contributed by atoms with Gasteiger partial charge in [0.2, 0.25) is 5.91 Å². The van der Waals surface area contributed by atoms with Crippen molar-refractivity contribution < 1.29 is 14.3 Å². The largest absolute Gasteiger partial charge is 0.493 e. The Kier molecular flexibility index (Phi) is 10.9. The van der Waals surface area contributed by atoms with Crippen LogP contribution in [0.2, 0.25) is 0 Å². The highest BCUT2D eigenvalue weighted by Crippen LogP contribution is 2.27. The summed E-state index contributed by atoms with van der Waals surface area (Å²) in [6.07, 6.45) is 0.421. The van der Waals surface area contributed by atoms with Crippen LogP contribution >= 0.6 is 24.0 Å². The normalized spacial score (nSPS) is 10.5. The lowest BCUT2D eigenvalue weighted by Crippen LogP contribution is -2.38. The van der Waals surface area contributed by atoms with Crippen LogP contribution in [0.4, 0.5) is 0 Å². The van der Waals surface area contributed by atoms with Gasteiger partial charge in [-0.1, -0.05) is 6.07 Å². The van der Waals surface area contributed by atoms with Gasteiger partial charge >= 0.3 is 0 Å². The molecule has 8 heteroatoms. The highest BCUT2D eigenvalue weighted by Gasteiger charge is 2.06. The second-order valence-corrected chi connectivity index (χ2v) is 5.08. The second-order valence-electron chi connectivity index (χ2n) is 5.08. The van der Waals surface area contributed by atoms with E-state index < -0.39 is 0 Å². The number of benzene rings is 1. The van der Waals surface area contributed by atoms with Crippen molar-refractivity contribution in [2.45, 2.75) is 13.0 Å². The molecule has 0 aliphatic heterocycles. The van der Waals surface area contributed by atoms with Crippen LogP contribution in [0.15, 0.2) is 23.2 Å². The van der Waals surface area contributed by atoms with E-state index in [9.17, 15) is 4.79 Å². The molecule has 0 saturated carbocycles. The highest BCUT2D eigenvalue weighted by atomic mass is 127. The molecule has 0 radical (unpaired) electrons. The van der Waals surface area contributed by atoms with Gasteiger partial charge in [-0.2, -0.15) is 0 Å². The molecule has 0 fully saturated rings. The van der Waals surface area contributed by atoms with E-state index in [1.54, 1.807) is 40.3 Å². The number of hydrogen-bond acceptors (Lipinski definition) is 4. The Morgan fingerprint density at radius 1 is 1.17 bits per heavy atom. The van der Waals surface area contributed by atoms with E-state index in [1.807, 2.05) is 18.2 Å². The first kappa shape index (κ1) is 22.3. The van der Waals surface area contributed by atoms with Crippen molar-refractivity contribution in [3.05, 3.63) is 23.8 Å². The van der Waals surface area contributed by atoms with Crippen molar-refractivity contribution in [3.63, 3.8) is 0 Å². The summed E-state index contributed by atoms with van der Waals surface area (Å²) in [5, 5.41) is 6.31. The summed E-state index contributed by atoms with van der Waals surface area (Å²) in [7, 11) is 8.39. The maximum atomic E-state index is 11.5. The molecule has 0 saturated heterocycles. The van der Waals surface area contributed by atoms with Crippen molar-refractivity contribution >= 4 is 35.8 Å². The Balaban J connectivity index is 0.00000529. The van der Waals surface area contributed by atoms with Gasteiger partial charge in [0.15, 0.2) is 17.5 Å². The van der Waals surface area contributed by atoms with Crippen LogP contribution in [0.25, 0.3) is 0 Å². The first-order valence-electron chi connectivity index (χ1n) is 7.37. The van der Waals surface area contributed by atoms with E-state index >= 15 is 0 Å². The number of ether oxygens (including phenoxy) is 2. The number of halogens is 1. The molecule has 0 heterocycles. The minimum atomic E-state index is 0. The van der Waals surface area contributed by atoms with Crippen LogP contribution in [-0.2, 0) is 11.3 Å². The molecule has 24 heavy (non-hydrogen) atoms. The van der Waals surface area contributed by atoms with E-state index in [1.165, 1.54) is 0 Å². The quantitative estimate of drug-likeness (QED) is 0.374. The van der Waals surface area contributed by atoms with Gasteiger partial charge in [-0.25, -0.2) is 0 Å². The van der Waals surface area contributed by atoms with Gasteiger partial charge in [-0.15, -0.1) is 24.0 Å². The lowest BCUT2D eigenvalue weighted by Gasteiger charge is -2.14. The maximum Gasteiger partial charge on any atom is 0.223 e. The first-order valence-corrected chi connectivity index (χ1v) is 7.37. The predicted octanol–water partition coefficient (Wildman–Crippen LogP) is 1.47. The van der Waals surface area contributed by atoms with Gasteiger partial charge in [-0.3, -0.25) is 9.79 Å². The molecule has 1 aromatic rings. The standard InChI is InChI=1S/C16H26N4O3.HI/c1-17-16(18-9-8-15(21)20(2)3)19-11-12-6-7-13(22-4)14(10-12)23-5;/h6-7,10H,8-9,11H2,1-5H3,(H2,17,18,19);1H. The van der Waals surface area contributed by atoms with Gasteiger partial charge in [0.05, 0.1) is 14.2 Å². The third kappa shape index (κ3) is 7.24. The number of aliphatic imine (C=N–C) groups is 1. The maximum absolute atomic E-state index is 11.5. The molecule has 0 aliphatic carbocycles. The van der Waals surface area contributed by atoms with Crippen LogP contribution in [0.1, 0.15) is 12.0 Å². The molecule has 136 valence electrons. The fourth-order valence-electron chi connectivity index (χ4n) is 1.91. The molecular weight excluding hydrogens is 423 g/mol. The van der Waals surface area contributed by atoms with Crippen molar-refractivity contribution in [2.75, 3.05) is 41.9 Å². The first-order chi connectivity index (χ1) is 11.0. The van der Waals surface area contributed by atoms with E-state index in [0.29, 0.717) is 37.0 Å². The molecule has 1 aromatic carbocycles. The number of carbonyl (C=O) groups is 1. The summed E-state index contributed by atoms with van der Waals surface area (Å²) in [6.45, 7) is 1.12. The van der Waals surface area contributed by atoms with Crippen LogP contribution in [0, 0.1) is 0 Å². The van der Waals surface area contributed by atoms with Crippen LogP contribution in [0.3, 0.4) is 0 Å². The van der Waals surface area contributed by atoms with Crippen molar-refractivity contribution in [3.8, 4) is 11.5 Å². The minimum absolute atomic E-state index is 0. The number of nitrogens with one attached hydrogen (secondary N) is 2. The predicted molar refractivity (Wildman–Crippen MR) is 106 cm³/mol. The van der Waals surface area contributed by atoms with Crippen molar-refractivity contribution in [2.24, 2.45) is 4.99 Å². The summed E-state index contributed by atoms with van der Waals surface area (Å²) in [5.74, 6) is 2.10. The molecule has 0 spiro atoms. The van der Waals surface area contributed by atoms with Crippen LogP contribution in [0.5, 0.6) is 11.5 Å². The number of carbonyl (C=O) groups excluding carboxylic acids is 1. The Bertz CT molecular complexity index is 550. The minimum Gasteiger partial charge on any atom is -0.493 e. The molecule has 0 aromatic heterocycles. The number of nitrogens with zero attached hydrogens (tertiary/aromatic N) is 2. The molecule has 0 bridgehead atoms. The zero-order chi connectivity index (χ0) is 17.2. The number of amides is 1. The Hall–Kier alpha value is -1.71. The van der Waals surface area contributed by atoms with Crippen LogP contribution in [-0.4, -0.2) is 58.7 Å². The van der Waals surface area contributed by atoms with Gasteiger partial charge in [0, 0.05) is 40.7 Å². The number of guanidine groups is 1. The summed E-state index contributed by atoms with van der Waals surface area (Å²) < 4.78 is 10.5. The van der Waals surface area contributed by atoms with Gasteiger partial charge in [-0.05, 0) is 17.7 Å². The number of rotatable bonds is 7. The molecule has 2 N–H and O–H groups in total. The topological polar surface area (TPSA) is 75.2 Å². The Morgan fingerprint density at radius 3 is 2.38 bits per heavy atom. The monoisotopic (exact) mass is 450 g/mol. The Morgan fingerprint density at radius 2 is 1.83 bits per heavy atom. The summed E-state index contributed by atoms with van der Waals surface area (Å²) >= 11 is 0. The fraction of sp³-hybridized carbons (Fsp3) is 0.500. The van der Waals surface area contributed by atoms with E-state index in [4.69, 9.17) is 9.47 Å². The fourth-order valence-corrected chi connectivity index (χ4v) is 1.91. The van der Waals surface area contributed by atoms with Gasteiger partial charge in [0.25, 0.3) is 0 Å². The van der Waals surface area contributed by atoms with Crippen molar-refractivity contribution in [1.29, 1.82) is 0 Å². The molecule has 7 nitrogen and oxygen atoms in total. The van der Waals surface area contributed by atoms with Crippen LogP contribution < -0.4 is 20.1 Å². The van der Waals surface area contributed by atoms with Gasteiger partial charge < -0.3 is 25.0 Å². The average Bonchev–Trinajstić information content (AvgIpc) is 2.57. The third-order valence-corrected chi connectivity index (χ3v) is 3.26. The van der Waals surface area contributed by atoms with Crippen molar-refractivity contribution in [1.82, 2.24) is 15.5 Å². The summed E-state index contributed by atoms with van der Waals surface area (Å²) in [6, 6.07) is 5.73. The van der Waals surface area contributed by atoms with E-state index in [2.05, 4.69) is 15.6 Å². The molecular formula is C16H27IN4O3. The number of hydrogen-bond donors (Lipinski definition) is 2. The third-order valence-electron chi connectivity index (χ3n) is 3.26. The molecule has 0 unspecified atom stereocenters. The zero-order valence-corrected chi connectivity index (χ0v) is 17.2. The lowest BCUT2D eigenvalue weighted by molar-refractivity contribution is -0.128. The smallest absolute Gasteiger partial charge is 0.223 e. The molecule has 1 amide bonds. The Labute approximate surface area is 160 Å². The SMILES string of the molecule is CN=C(NCCC(=O)N(C)C)NCc1ccc(OC)c(OC)c1.I. The lowest BCUT2D eigenvalue weighted by atomic mass is 10.2. The summed E-state index contributed by atoms with van der Waals surface area (Å²) in [4.78, 5) is 17.2. The summed E-state index contributed by atoms with van der Waals surface area (Å²) in [5.41, 5.74) is 1.04. The average molecular weight is 450 g/mol. The van der Waals surface area contributed by atoms with Gasteiger partial charge in [0.1, 0.15) is 0 Å². The molecule has 0 atom stereocenters. The second kappa shape index (κ2) is 11.8. The zero-order valence-electron chi connectivity index (χ0n) is 14.9. The number of methoxy groups -OCH3 is 2. The highest BCUT2D eigenvalue weighted by molar-refractivity contribution is 14.0. The molecule has 0 aliphatic rings. The molecule has 1 rings (SSSR count). The van der Waals surface area contributed by atoms with E-state index in [-0.39, 0.29) is 29.9 Å².